The van der Waals surface area contributed by atoms with Crippen molar-refractivity contribution in [2.75, 3.05) is 26.2 Å². The first kappa shape index (κ1) is 18.1. The summed E-state index contributed by atoms with van der Waals surface area (Å²) < 4.78 is 13.4. The summed E-state index contributed by atoms with van der Waals surface area (Å²) in [4.78, 5) is 16.9. The molecule has 1 saturated heterocycles. The SMILES string of the molecule is O=C([C@@H](O)c1cccc(F)c1)N1CCCN(C2Cc3ccccc3C2)CC1. The van der Waals surface area contributed by atoms with Crippen molar-refractivity contribution in [3.63, 3.8) is 0 Å². The number of carbonyl (C=O) groups is 1. The Kier molecular flexibility index (Phi) is 5.23. The summed E-state index contributed by atoms with van der Waals surface area (Å²) in [6, 6.07) is 14.7. The smallest absolute Gasteiger partial charge is 0.256 e. The summed E-state index contributed by atoms with van der Waals surface area (Å²) in [7, 11) is 0. The highest BCUT2D eigenvalue weighted by Crippen LogP contribution is 2.26. The van der Waals surface area contributed by atoms with Crippen molar-refractivity contribution >= 4 is 5.91 Å². The second kappa shape index (κ2) is 7.79. The zero-order chi connectivity index (χ0) is 18.8. The molecule has 0 radical (unpaired) electrons. The Morgan fingerprint density at radius 1 is 1.00 bits per heavy atom. The predicted molar refractivity (Wildman–Crippen MR) is 102 cm³/mol. The summed E-state index contributed by atoms with van der Waals surface area (Å²) in [6.07, 6.45) is 1.71. The average Bonchev–Trinajstić information content (AvgIpc) is 2.96. The van der Waals surface area contributed by atoms with Crippen molar-refractivity contribution in [1.82, 2.24) is 9.80 Å². The van der Waals surface area contributed by atoms with Gasteiger partial charge in [-0.25, -0.2) is 4.39 Å². The first-order valence-corrected chi connectivity index (χ1v) is 9.65. The predicted octanol–water partition coefficient (Wildman–Crippen LogP) is 2.56. The number of amides is 1. The van der Waals surface area contributed by atoms with E-state index in [1.54, 1.807) is 11.0 Å². The Bertz CT molecular complexity index is 800. The lowest BCUT2D eigenvalue weighted by atomic mass is 10.1. The molecule has 1 aliphatic heterocycles. The van der Waals surface area contributed by atoms with Crippen LogP contribution in [0.5, 0.6) is 0 Å². The van der Waals surface area contributed by atoms with Gasteiger partial charge in [0.1, 0.15) is 5.82 Å². The van der Waals surface area contributed by atoms with E-state index in [4.69, 9.17) is 0 Å². The van der Waals surface area contributed by atoms with Gasteiger partial charge in [-0.1, -0.05) is 36.4 Å². The topological polar surface area (TPSA) is 43.8 Å². The van der Waals surface area contributed by atoms with Crippen molar-refractivity contribution in [3.8, 4) is 0 Å². The molecule has 2 aromatic carbocycles. The zero-order valence-corrected chi connectivity index (χ0v) is 15.4. The molecule has 4 rings (SSSR count). The normalized spacial score (nSPS) is 19.6. The van der Waals surface area contributed by atoms with Crippen LogP contribution in [0.15, 0.2) is 48.5 Å². The van der Waals surface area contributed by atoms with Crippen molar-refractivity contribution in [1.29, 1.82) is 0 Å². The largest absolute Gasteiger partial charge is 0.378 e. The monoisotopic (exact) mass is 368 g/mol. The van der Waals surface area contributed by atoms with Crippen molar-refractivity contribution in [2.24, 2.45) is 0 Å². The summed E-state index contributed by atoms with van der Waals surface area (Å²) in [5.74, 6) is -0.778. The maximum atomic E-state index is 13.4. The van der Waals surface area contributed by atoms with E-state index in [0.717, 1.165) is 32.4 Å². The molecule has 0 spiro atoms. The summed E-state index contributed by atoms with van der Waals surface area (Å²) in [5, 5.41) is 10.4. The van der Waals surface area contributed by atoms with Crippen LogP contribution in [0.4, 0.5) is 4.39 Å². The minimum atomic E-state index is -1.30. The highest BCUT2D eigenvalue weighted by Gasteiger charge is 2.30. The molecule has 2 aliphatic rings. The summed E-state index contributed by atoms with van der Waals surface area (Å²) in [6.45, 7) is 2.98. The highest BCUT2D eigenvalue weighted by atomic mass is 19.1. The van der Waals surface area contributed by atoms with E-state index >= 15 is 0 Å². The molecule has 1 heterocycles. The molecule has 1 amide bonds. The molecule has 2 aromatic rings. The molecular weight excluding hydrogens is 343 g/mol. The number of fused-ring (bicyclic) bond motifs is 1. The van der Waals surface area contributed by atoms with Crippen LogP contribution in [-0.4, -0.2) is 53.0 Å². The van der Waals surface area contributed by atoms with Gasteiger partial charge in [0.15, 0.2) is 6.10 Å². The van der Waals surface area contributed by atoms with Gasteiger partial charge in [0.05, 0.1) is 0 Å². The molecule has 0 saturated carbocycles. The molecule has 4 nitrogen and oxygen atoms in total. The maximum Gasteiger partial charge on any atom is 0.256 e. The Morgan fingerprint density at radius 2 is 1.74 bits per heavy atom. The number of hydrogen-bond acceptors (Lipinski definition) is 3. The minimum Gasteiger partial charge on any atom is -0.378 e. The quantitative estimate of drug-likeness (QED) is 0.906. The van der Waals surface area contributed by atoms with E-state index in [1.165, 1.54) is 29.3 Å². The lowest BCUT2D eigenvalue weighted by Gasteiger charge is -2.28. The van der Waals surface area contributed by atoms with Gasteiger partial charge in [-0.05, 0) is 48.1 Å². The molecule has 1 atom stereocenters. The van der Waals surface area contributed by atoms with Crippen LogP contribution >= 0.6 is 0 Å². The molecule has 5 heteroatoms. The molecule has 1 N–H and O–H groups in total. The van der Waals surface area contributed by atoms with Gasteiger partial charge in [-0.3, -0.25) is 9.69 Å². The second-order valence-corrected chi connectivity index (χ2v) is 7.50. The molecule has 1 aliphatic carbocycles. The van der Waals surface area contributed by atoms with Gasteiger partial charge in [0.2, 0.25) is 0 Å². The number of nitrogens with zero attached hydrogens (tertiary/aromatic N) is 2. The van der Waals surface area contributed by atoms with Gasteiger partial charge in [-0.2, -0.15) is 0 Å². The van der Waals surface area contributed by atoms with E-state index < -0.39 is 11.9 Å². The van der Waals surface area contributed by atoms with E-state index in [1.807, 2.05) is 0 Å². The molecule has 142 valence electrons. The molecule has 0 bridgehead atoms. The number of aliphatic hydroxyl groups is 1. The fourth-order valence-corrected chi connectivity index (χ4v) is 4.31. The van der Waals surface area contributed by atoms with Crippen LogP contribution in [0.1, 0.15) is 29.2 Å². The van der Waals surface area contributed by atoms with E-state index in [-0.39, 0.29) is 5.91 Å². The van der Waals surface area contributed by atoms with Gasteiger partial charge in [0.25, 0.3) is 5.91 Å². The van der Waals surface area contributed by atoms with Gasteiger partial charge in [0, 0.05) is 32.2 Å². The van der Waals surface area contributed by atoms with Crippen LogP contribution in [0.25, 0.3) is 0 Å². The molecular formula is C22H25FN2O2. The average molecular weight is 368 g/mol. The van der Waals surface area contributed by atoms with Crippen LogP contribution in [0, 0.1) is 5.82 Å². The molecule has 1 fully saturated rings. The standard InChI is InChI=1S/C22H25FN2O2/c23-19-8-3-7-18(13-19)21(26)22(27)25-10-4-9-24(11-12-25)20-14-16-5-1-2-6-17(16)15-20/h1-3,5-8,13,20-21,26H,4,9-12,14-15H2/t21-/m0/s1. The van der Waals surface area contributed by atoms with Crippen molar-refractivity contribution in [3.05, 3.63) is 71.0 Å². The Labute approximate surface area is 159 Å². The number of halogens is 1. The molecule has 0 aromatic heterocycles. The number of carbonyl (C=O) groups excluding carboxylic acids is 1. The minimum absolute atomic E-state index is 0.312. The fourth-order valence-electron chi connectivity index (χ4n) is 4.31. The molecule has 27 heavy (non-hydrogen) atoms. The second-order valence-electron chi connectivity index (χ2n) is 7.50. The van der Waals surface area contributed by atoms with Crippen LogP contribution in [0.3, 0.4) is 0 Å². The number of rotatable bonds is 3. The van der Waals surface area contributed by atoms with E-state index in [0.29, 0.717) is 24.7 Å². The Hall–Kier alpha value is -2.24. The summed E-state index contributed by atoms with van der Waals surface area (Å²) in [5.41, 5.74) is 3.18. The summed E-state index contributed by atoms with van der Waals surface area (Å²) >= 11 is 0. The third-order valence-electron chi connectivity index (χ3n) is 5.79. The van der Waals surface area contributed by atoms with Crippen molar-refractivity contribution < 1.29 is 14.3 Å². The van der Waals surface area contributed by atoms with Crippen LogP contribution < -0.4 is 0 Å². The van der Waals surface area contributed by atoms with Gasteiger partial charge in [-0.15, -0.1) is 0 Å². The third-order valence-corrected chi connectivity index (χ3v) is 5.79. The lowest BCUT2D eigenvalue weighted by Crippen LogP contribution is -2.41. The Balaban J connectivity index is 1.38. The van der Waals surface area contributed by atoms with Crippen molar-refractivity contribution in [2.45, 2.75) is 31.4 Å². The fraction of sp³-hybridized carbons (Fsp3) is 0.409. The first-order valence-electron chi connectivity index (χ1n) is 9.65. The first-order chi connectivity index (χ1) is 13.1. The molecule has 0 unspecified atom stereocenters. The van der Waals surface area contributed by atoms with Crippen LogP contribution in [0.2, 0.25) is 0 Å². The van der Waals surface area contributed by atoms with Gasteiger partial charge < -0.3 is 10.0 Å². The Morgan fingerprint density at radius 3 is 2.44 bits per heavy atom. The van der Waals surface area contributed by atoms with Gasteiger partial charge >= 0.3 is 0 Å². The van der Waals surface area contributed by atoms with Crippen LogP contribution in [-0.2, 0) is 17.6 Å². The number of hydrogen-bond donors (Lipinski definition) is 1. The van der Waals surface area contributed by atoms with E-state index in [9.17, 15) is 14.3 Å². The zero-order valence-electron chi connectivity index (χ0n) is 15.4. The number of benzene rings is 2. The lowest BCUT2D eigenvalue weighted by molar-refractivity contribution is -0.140. The highest BCUT2D eigenvalue weighted by molar-refractivity contribution is 5.82. The third kappa shape index (κ3) is 3.89. The number of aliphatic hydroxyl groups excluding tert-OH is 1. The van der Waals surface area contributed by atoms with E-state index in [2.05, 4.69) is 29.2 Å². The maximum absolute atomic E-state index is 13.4.